The minimum absolute atomic E-state index is 0.665. The summed E-state index contributed by atoms with van der Waals surface area (Å²) in [6.45, 7) is 7.62. The molecule has 32 heavy (non-hydrogen) atoms. The molecule has 0 aliphatic carbocycles. The number of likely N-dealkylation sites (N-methyl/N-ethyl adjacent to an activating group) is 2. The molecule has 0 fully saturated rings. The van der Waals surface area contributed by atoms with Crippen LogP contribution in [0.15, 0.2) is 24.3 Å². The SMILES string of the molecule is CCCCCCN1C(=N)C[N+](C)=C1c1cccc(C2=[N+](C)CC(=N)N2CCCCCC)c1. The number of hydrogen-bond acceptors (Lipinski definition) is 2. The molecule has 6 nitrogen and oxygen atoms in total. The lowest BCUT2D eigenvalue weighted by molar-refractivity contribution is -0.477. The van der Waals surface area contributed by atoms with Gasteiger partial charge in [-0.3, -0.25) is 20.0 Å². The molecule has 0 amide bonds. The van der Waals surface area contributed by atoms with Crippen LogP contribution in [-0.4, -0.2) is 82.6 Å². The number of nitrogens with one attached hydrogen (secondary N) is 2. The molecule has 2 aliphatic heterocycles. The van der Waals surface area contributed by atoms with Gasteiger partial charge >= 0.3 is 0 Å². The highest BCUT2D eigenvalue weighted by Gasteiger charge is 2.38. The maximum atomic E-state index is 8.53. The Hall–Kier alpha value is -2.50. The largest absolute Gasteiger partial charge is 0.285 e. The zero-order valence-electron chi connectivity index (χ0n) is 20.6. The highest BCUT2D eigenvalue weighted by Crippen LogP contribution is 2.19. The number of benzene rings is 1. The van der Waals surface area contributed by atoms with Crippen LogP contribution in [0.5, 0.6) is 0 Å². The van der Waals surface area contributed by atoms with Crippen LogP contribution >= 0.6 is 0 Å². The van der Waals surface area contributed by atoms with Crippen molar-refractivity contribution in [2.45, 2.75) is 65.2 Å². The van der Waals surface area contributed by atoms with Crippen molar-refractivity contribution in [2.24, 2.45) is 0 Å². The molecule has 2 aliphatic rings. The summed E-state index contributed by atoms with van der Waals surface area (Å²) in [6.07, 6.45) is 9.65. The van der Waals surface area contributed by atoms with E-state index in [4.69, 9.17) is 10.8 Å². The molecule has 0 aromatic heterocycles. The van der Waals surface area contributed by atoms with Crippen molar-refractivity contribution in [3.63, 3.8) is 0 Å². The van der Waals surface area contributed by atoms with Crippen LogP contribution < -0.4 is 0 Å². The molecule has 0 atom stereocenters. The highest BCUT2D eigenvalue weighted by molar-refractivity contribution is 6.12. The van der Waals surface area contributed by atoms with Gasteiger partial charge in [-0.2, -0.15) is 0 Å². The van der Waals surface area contributed by atoms with Crippen molar-refractivity contribution >= 4 is 23.3 Å². The highest BCUT2D eigenvalue weighted by atomic mass is 15.3. The second-order valence-electron chi connectivity index (χ2n) is 9.26. The average Bonchev–Trinajstić information content (AvgIpc) is 3.22. The summed E-state index contributed by atoms with van der Waals surface area (Å²) in [5, 5.41) is 17.1. The average molecular weight is 439 g/mol. The Morgan fingerprint density at radius 3 is 1.56 bits per heavy atom. The van der Waals surface area contributed by atoms with Gasteiger partial charge in [0.05, 0.1) is 38.3 Å². The first kappa shape index (κ1) is 24.1. The second-order valence-corrected chi connectivity index (χ2v) is 9.26. The fraction of sp³-hybridized carbons (Fsp3) is 0.615. The van der Waals surface area contributed by atoms with E-state index in [1.54, 1.807) is 0 Å². The molecule has 2 N–H and O–H groups in total. The van der Waals surface area contributed by atoms with Crippen molar-refractivity contribution in [1.82, 2.24) is 9.80 Å². The summed E-state index contributed by atoms with van der Waals surface area (Å²) in [6, 6.07) is 8.71. The van der Waals surface area contributed by atoms with Gasteiger partial charge in [0, 0.05) is 0 Å². The van der Waals surface area contributed by atoms with Crippen molar-refractivity contribution in [3.8, 4) is 0 Å². The Morgan fingerprint density at radius 2 is 1.16 bits per heavy atom. The summed E-state index contributed by atoms with van der Waals surface area (Å²) in [5.41, 5.74) is 2.32. The second kappa shape index (κ2) is 11.4. The van der Waals surface area contributed by atoms with Gasteiger partial charge < -0.3 is 0 Å². The van der Waals surface area contributed by atoms with Gasteiger partial charge in [-0.05, 0) is 43.9 Å². The minimum atomic E-state index is 0.665. The number of hydrogen-bond donors (Lipinski definition) is 2. The van der Waals surface area contributed by atoms with Crippen LogP contribution in [0.25, 0.3) is 0 Å². The van der Waals surface area contributed by atoms with E-state index >= 15 is 0 Å². The topological polar surface area (TPSA) is 60.2 Å². The van der Waals surface area contributed by atoms with Crippen LogP contribution in [0.2, 0.25) is 0 Å². The Bertz CT molecular complexity index is 828. The standard InChI is InChI=1S/C26H42N6/c1-5-7-9-11-16-31-23(27)19-29(3)25(31)21-14-13-15-22(18-21)26-30(4)20-24(28)32(26)17-12-10-8-6-2/h13-15,18,27-28H,5-12,16-17,19-20H2,1-4H3/q+2. The molecule has 174 valence electrons. The van der Waals surface area contributed by atoms with Crippen LogP contribution in [-0.2, 0) is 0 Å². The first-order valence-electron chi connectivity index (χ1n) is 12.4. The number of amidine groups is 4. The van der Waals surface area contributed by atoms with Crippen molar-refractivity contribution in [1.29, 1.82) is 10.8 Å². The number of rotatable bonds is 12. The predicted molar refractivity (Wildman–Crippen MR) is 134 cm³/mol. The fourth-order valence-corrected chi connectivity index (χ4v) is 4.86. The summed E-state index contributed by atoms with van der Waals surface area (Å²) < 4.78 is 4.41. The molecule has 0 radical (unpaired) electrons. The lowest BCUT2D eigenvalue weighted by Crippen LogP contribution is -2.36. The van der Waals surface area contributed by atoms with Crippen molar-refractivity contribution in [2.75, 3.05) is 40.3 Å². The van der Waals surface area contributed by atoms with E-state index in [9.17, 15) is 0 Å². The van der Waals surface area contributed by atoms with Crippen LogP contribution in [0, 0.1) is 10.8 Å². The molecular weight excluding hydrogens is 396 g/mol. The van der Waals surface area contributed by atoms with E-state index in [2.05, 4.69) is 71.2 Å². The van der Waals surface area contributed by atoms with E-state index < -0.39 is 0 Å². The maximum absolute atomic E-state index is 8.53. The third-order valence-electron chi connectivity index (χ3n) is 6.51. The van der Waals surface area contributed by atoms with Gasteiger partial charge in [0.2, 0.25) is 11.7 Å². The summed E-state index contributed by atoms with van der Waals surface area (Å²) >= 11 is 0. The molecule has 0 saturated carbocycles. The van der Waals surface area contributed by atoms with Gasteiger partial charge in [0.1, 0.15) is 0 Å². The molecular formula is C26H42N6+2. The first-order valence-corrected chi connectivity index (χ1v) is 12.4. The lowest BCUT2D eigenvalue weighted by Gasteiger charge is -2.15. The van der Waals surface area contributed by atoms with E-state index in [0.29, 0.717) is 24.8 Å². The van der Waals surface area contributed by atoms with Gasteiger partial charge in [0.15, 0.2) is 13.1 Å². The third kappa shape index (κ3) is 5.45. The quantitative estimate of drug-likeness (QED) is 0.379. The Balaban J connectivity index is 1.83. The van der Waals surface area contributed by atoms with E-state index in [1.807, 2.05) is 0 Å². The Labute approximate surface area is 194 Å². The van der Waals surface area contributed by atoms with E-state index in [0.717, 1.165) is 48.7 Å². The lowest BCUT2D eigenvalue weighted by atomic mass is 10.1. The summed E-state index contributed by atoms with van der Waals surface area (Å²) in [5.74, 6) is 3.65. The Kier molecular flexibility index (Phi) is 8.60. The molecule has 0 unspecified atom stereocenters. The van der Waals surface area contributed by atoms with Crippen LogP contribution in [0.3, 0.4) is 0 Å². The first-order chi connectivity index (χ1) is 15.5. The molecule has 0 bridgehead atoms. The molecule has 6 heteroatoms. The van der Waals surface area contributed by atoms with Gasteiger partial charge in [-0.1, -0.05) is 45.6 Å². The van der Waals surface area contributed by atoms with E-state index in [1.165, 1.54) is 38.5 Å². The summed E-state index contributed by atoms with van der Waals surface area (Å²) in [4.78, 5) is 4.39. The normalized spacial score (nSPS) is 16.9. The van der Waals surface area contributed by atoms with Crippen LogP contribution in [0.1, 0.15) is 76.3 Å². The van der Waals surface area contributed by atoms with Gasteiger partial charge in [-0.25, -0.2) is 9.80 Å². The molecule has 2 heterocycles. The molecule has 3 rings (SSSR count). The van der Waals surface area contributed by atoms with Crippen LogP contribution in [0.4, 0.5) is 0 Å². The zero-order valence-corrected chi connectivity index (χ0v) is 20.6. The maximum Gasteiger partial charge on any atom is 0.285 e. The molecule has 0 saturated heterocycles. The van der Waals surface area contributed by atoms with Gasteiger partial charge in [0.25, 0.3) is 11.7 Å². The molecule has 1 aromatic carbocycles. The molecule has 0 spiro atoms. The number of unbranched alkanes of at least 4 members (excludes halogenated alkanes) is 6. The molecule has 1 aromatic rings. The van der Waals surface area contributed by atoms with Crippen molar-refractivity contribution in [3.05, 3.63) is 35.4 Å². The van der Waals surface area contributed by atoms with E-state index in [-0.39, 0.29) is 0 Å². The number of nitrogens with zero attached hydrogens (tertiary/aromatic N) is 4. The monoisotopic (exact) mass is 438 g/mol. The zero-order chi connectivity index (χ0) is 23.1. The van der Waals surface area contributed by atoms with Gasteiger partial charge in [-0.15, -0.1) is 0 Å². The Morgan fingerprint density at radius 1 is 0.719 bits per heavy atom. The third-order valence-corrected chi connectivity index (χ3v) is 6.51. The van der Waals surface area contributed by atoms with Crippen molar-refractivity contribution < 1.29 is 9.15 Å². The predicted octanol–water partition coefficient (Wildman–Crippen LogP) is 4.21. The summed E-state index contributed by atoms with van der Waals surface area (Å²) in [7, 11) is 4.18. The minimum Gasteiger partial charge on any atom is -0.264 e. The smallest absolute Gasteiger partial charge is 0.264 e. The fourth-order valence-electron chi connectivity index (χ4n) is 4.86.